The highest BCUT2D eigenvalue weighted by atomic mass is 127. The van der Waals surface area contributed by atoms with Crippen LogP contribution >= 0.6 is 24.0 Å². The van der Waals surface area contributed by atoms with Crippen LogP contribution in [0.4, 0.5) is 0 Å². The van der Waals surface area contributed by atoms with Crippen LogP contribution in [0.1, 0.15) is 46.0 Å². The fourth-order valence-electron chi connectivity index (χ4n) is 3.98. The number of nitrogens with one attached hydrogen (secondary N) is 2. The Balaban J connectivity index is 0.00000312. The van der Waals surface area contributed by atoms with Gasteiger partial charge in [-0.05, 0) is 57.2 Å². The molecule has 0 aromatic rings. The zero-order chi connectivity index (χ0) is 17.2. The highest BCUT2D eigenvalue weighted by molar-refractivity contribution is 14.0. The second kappa shape index (κ2) is 13.1. The molecular weight excluding hydrogens is 425 g/mol. The maximum Gasteiger partial charge on any atom is 0.191 e. The van der Waals surface area contributed by atoms with Gasteiger partial charge in [0.05, 0.1) is 0 Å². The van der Waals surface area contributed by atoms with Crippen molar-refractivity contribution in [2.75, 3.05) is 59.4 Å². The molecule has 2 aliphatic heterocycles. The van der Waals surface area contributed by atoms with Gasteiger partial charge in [-0.15, -0.1) is 24.0 Å². The minimum Gasteiger partial charge on any atom is -0.356 e. The number of halogens is 1. The Labute approximate surface area is 172 Å². The van der Waals surface area contributed by atoms with E-state index in [1.165, 1.54) is 64.8 Å². The summed E-state index contributed by atoms with van der Waals surface area (Å²) in [6.07, 6.45) is 6.80. The molecule has 0 radical (unpaired) electrons. The summed E-state index contributed by atoms with van der Waals surface area (Å²) in [6.45, 7) is 14.1. The van der Waals surface area contributed by atoms with Gasteiger partial charge in [-0.25, -0.2) is 0 Å². The summed E-state index contributed by atoms with van der Waals surface area (Å²) in [5, 5.41) is 7.03. The molecular formula is C19H40IN5. The molecule has 5 nitrogen and oxygen atoms in total. The molecule has 0 saturated carbocycles. The highest BCUT2D eigenvalue weighted by Crippen LogP contribution is 2.16. The zero-order valence-corrected chi connectivity index (χ0v) is 18.9. The first-order valence-electron chi connectivity index (χ1n) is 10.1. The van der Waals surface area contributed by atoms with E-state index < -0.39 is 0 Å². The molecule has 0 aliphatic carbocycles. The van der Waals surface area contributed by atoms with Gasteiger partial charge < -0.3 is 20.4 Å². The molecule has 2 aliphatic rings. The van der Waals surface area contributed by atoms with Crippen LogP contribution in [0.2, 0.25) is 0 Å². The van der Waals surface area contributed by atoms with Gasteiger partial charge in [0.15, 0.2) is 5.96 Å². The topological polar surface area (TPSA) is 42.9 Å². The van der Waals surface area contributed by atoms with Gasteiger partial charge in [-0.3, -0.25) is 4.99 Å². The summed E-state index contributed by atoms with van der Waals surface area (Å²) in [4.78, 5) is 9.58. The van der Waals surface area contributed by atoms with E-state index in [1.54, 1.807) is 0 Å². The number of likely N-dealkylation sites (tertiary alicyclic amines) is 2. The fraction of sp³-hybridized carbons (Fsp3) is 0.947. The number of hydrogen-bond donors (Lipinski definition) is 2. The van der Waals surface area contributed by atoms with Crippen LogP contribution in [0.15, 0.2) is 4.99 Å². The van der Waals surface area contributed by atoms with Crippen molar-refractivity contribution in [3.05, 3.63) is 0 Å². The third-order valence-corrected chi connectivity index (χ3v) is 5.18. The van der Waals surface area contributed by atoms with E-state index in [-0.39, 0.29) is 24.0 Å². The first-order valence-corrected chi connectivity index (χ1v) is 10.1. The number of piperidine rings is 2. The molecule has 25 heavy (non-hydrogen) atoms. The lowest BCUT2D eigenvalue weighted by molar-refractivity contribution is 0.159. The van der Waals surface area contributed by atoms with E-state index >= 15 is 0 Å². The lowest BCUT2D eigenvalue weighted by atomic mass is 9.97. The van der Waals surface area contributed by atoms with Crippen molar-refractivity contribution in [2.45, 2.75) is 46.0 Å². The van der Waals surface area contributed by atoms with E-state index in [9.17, 15) is 0 Å². The zero-order valence-electron chi connectivity index (χ0n) is 16.6. The van der Waals surface area contributed by atoms with Crippen LogP contribution in [0.3, 0.4) is 0 Å². The monoisotopic (exact) mass is 465 g/mol. The number of aliphatic imine (C=N–C) groups is 1. The lowest BCUT2D eigenvalue weighted by Gasteiger charge is -2.34. The Morgan fingerprint density at radius 1 is 1.04 bits per heavy atom. The summed E-state index contributed by atoms with van der Waals surface area (Å²) in [5.74, 6) is 2.48. The second-order valence-electron chi connectivity index (χ2n) is 7.94. The van der Waals surface area contributed by atoms with Crippen LogP contribution < -0.4 is 10.6 Å². The largest absolute Gasteiger partial charge is 0.356 e. The quantitative estimate of drug-likeness (QED) is 0.345. The molecule has 2 N–H and O–H groups in total. The molecule has 0 bridgehead atoms. The molecule has 148 valence electrons. The molecule has 2 heterocycles. The Hall–Kier alpha value is -0.0800. The summed E-state index contributed by atoms with van der Waals surface area (Å²) in [6, 6.07) is 0. The van der Waals surface area contributed by atoms with Crippen LogP contribution in [-0.4, -0.2) is 75.2 Å². The summed E-state index contributed by atoms with van der Waals surface area (Å²) in [5.41, 5.74) is 0. The molecule has 6 heteroatoms. The molecule has 0 spiro atoms. The van der Waals surface area contributed by atoms with E-state index in [1.807, 2.05) is 7.05 Å². The SMILES string of the molecule is CN=C(NCCN1CCCCC1)NCC1CCCN(CC(C)C)C1.I. The number of rotatable bonds is 7. The number of nitrogens with zero attached hydrogens (tertiary/aromatic N) is 3. The van der Waals surface area contributed by atoms with Crippen molar-refractivity contribution in [3.8, 4) is 0 Å². The average molecular weight is 465 g/mol. The molecule has 2 fully saturated rings. The highest BCUT2D eigenvalue weighted by Gasteiger charge is 2.20. The average Bonchev–Trinajstić information content (AvgIpc) is 2.58. The normalized spacial score (nSPS) is 23.4. The van der Waals surface area contributed by atoms with E-state index in [0.717, 1.165) is 37.4 Å². The molecule has 0 aromatic carbocycles. The lowest BCUT2D eigenvalue weighted by Crippen LogP contribution is -2.46. The second-order valence-corrected chi connectivity index (χ2v) is 7.94. The molecule has 0 amide bonds. The van der Waals surface area contributed by atoms with Gasteiger partial charge in [0, 0.05) is 39.8 Å². The Morgan fingerprint density at radius 3 is 2.44 bits per heavy atom. The van der Waals surface area contributed by atoms with E-state index in [4.69, 9.17) is 0 Å². The van der Waals surface area contributed by atoms with Crippen LogP contribution in [0, 0.1) is 11.8 Å². The van der Waals surface area contributed by atoms with Crippen molar-refractivity contribution < 1.29 is 0 Å². The fourth-order valence-corrected chi connectivity index (χ4v) is 3.98. The molecule has 1 unspecified atom stereocenters. The first-order chi connectivity index (χ1) is 11.7. The van der Waals surface area contributed by atoms with Crippen molar-refractivity contribution >= 4 is 29.9 Å². The summed E-state index contributed by atoms with van der Waals surface area (Å²) in [7, 11) is 1.88. The Morgan fingerprint density at radius 2 is 1.76 bits per heavy atom. The summed E-state index contributed by atoms with van der Waals surface area (Å²) < 4.78 is 0. The van der Waals surface area contributed by atoms with Gasteiger partial charge in [0.2, 0.25) is 0 Å². The maximum absolute atomic E-state index is 4.38. The molecule has 0 aromatic heterocycles. The van der Waals surface area contributed by atoms with E-state index in [2.05, 4.69) is 39.3 Å². The smallest absolute Gasteiger partial charge is 0.191 e. The van der Waals surface area contributed by atoms with Crippen LogP contribution in [0.25, 0.3) is 0 Å². The first kappa shape index (κ1) is 23.0. The third-order valence-electron chi connectivity index (χ3n) is 5.18. The molecule has 2 rings (SSSR count). The number of hydrogen-bond acceptors (Lipinski definition) is 3. The number of guanidine groups is 1. The minimum atomic E-state index is 0. The van der Waals surface area contributed by atoms with Gasteiger partial charge in [0.1, 0.15) is 0 Å². The van der Waals surface area contributed by atoms with Crippen molar-refractivity contribution in [1.82, 2.24) is 20.4 Å². The standard InChI is InChI=1S/C19H39N5.HI/c1-17(2)15-24-12-7-8-18(16-24)14-22-19(20-3)21-9-13-23-10-5-4-6-11-23;/h17-18H,4-16H2,1-3H3,(H2,20,21,22);1H. The maximum atomic E-state index is 4.38. The van der Waals surface area contributed by atoms with E-state index in [0.29, 0.717) is 0 Å². The van der Waals surface area contributed by atoms with Crippen molar-refractivity contribution in [3.63, 3.8) is 0 Å². The van der Waals surface area contributed by atoms with Gasteiger partial charge in [-0.1, -0.05) is 20.3 Å². The van der Waals surface area contributed by atoms with Crippen LogP contribution in [-0.2, 0) is 0 Å². The Kier molecular flexibility index (Phi) is 12.1. The third kappa shape index (κ3) is 9.43. The van der Waals surface area contributed by atoms with Gasteiger partial charge in [0.25, 0.3) is 0 Å². The predicted molar refractivity (Wildman–Crippen MR) is 119 cm³/mol. The van der Waals surface area contributed by atoms with Crippen molar-refractivity contribution in [2.24, 2.45) is 16.8 Å². The predicted octanol–water partition coefficient (Wildman–Crippen LogP) is 2.62. The van der Waals surface area contributed by atoms with Gasteiger partial charge in [-0.2, -0.15) is 0 Å². The van der Waals surface area contributed by atoms with Gasteiger partial charge >= 0.3 is 0 Å². The molecule has 2 saturated heterocycles. The molecule has 1 atom stereocenters. The van der Waals surface area contributed by atoms with Crippen molar-refractivity contribution in [1.29, 1.82) is 0 Å². The summed E-state index contributed by atoms with van der Waals surface area (Å²) >= 11 is 0. The Bertz CT molecular complexity index is 369. The van der Waals surface area contributed by atoms with Crippen LogP contribution in [0.5, 0.6) is 0 Å². The minimum absolute atomic E-state index is 0.